The van der Waals surface area contributed by atoms with Crippen LogP contribution in [0, 0.1) is 0 Å². The molecule has 2 aromatic heterocycles. The SMILES string of the molecule is O=c1[nH]n2c(c1N=Nc1ccc(Cl)cc1)NC1=C(c3[nH]c4ccccc4c3CC1)C2c1ccc(Cl)cc1. The number of para-hydroxylation sites is 1. The van der Waals surface area contributed by atoms with Crippen molar-refractivity contribution in [2.24, 2.45) is 10.2 Å². The van der Waals surface area contributed by atoms with Crippen LogP contribution in [-0.4, -0.2) is 14.8 Å². The number of hydrogen-bond acceptors (Lipinski definition) is 4. The summed E-state index contributed by atoms with van der Waals surface area (Å²) in [6.45, 7) is 0. The van der Waals surface area contributed by atoms with Crippen LogP contribution in [-0.2, 0) is 6.42 Å². The van der Waals surface area contributed by atoms with Gasteiger partial charge in [0.2, 0.25) is 0 Å². The first kappa shape index (κ1) is 22.2. The number of azo groups is 1. The summed E-state index contributed by atoms with van der Waals surface area (Å²) in [5.41, 5.74) is 7.13. The molecule has 9 heteroatoms. The van der Waals surface area contributed by atoms with Crippen LogP contribution in [0.3, 0.4) is 0 Å². The molecule has 3 N–H and O–H groups in total. The zero-order valence-electron chi connectivity index (χ0n) is 19.4. The maximum absolute atomic E-state index is 13.2. The van der Waals surface area contributed by atoms with E-state index in [0.29, 0.717) is 21.6 Å². The number of nitrogens with one attached hydrogen (secondary N) is 3. The molecule has 182 valence electrons. The molecule has 0 bridgehead atoms. The summed E-state index contributed by atoms with van der Waals surface area (Å²) >= 11 is 12.2. The van der Waals surface area contributed by atoms with Crippen LogP contribution in [0.5, 0.6) is 0 Å². The number of nitrogens with zero attached hydrogens (tertiary/aromatic N) is 3. The van der Waals surface area contributed by atoms with E-state index < -0.39 is 0 Å². The van der Waals surface area contributed by atoms with E-state index in [1.165, 1.54) is 10.9 Å². The lowest BCUT2D eigenvalue weighted by Crippen LogP contribution is -2.27. The van der Waals surface area contributed by atoms with Crippen LogP contribution in [0.4, 0.5) is 17.2 Å². The van der Waals surface area contributed by atoms with Crippen molar-refractivity contribution in [2.75, 3.05) is 5.32 Å². The van der Waals surface area contributed by atoms with Crippen molar-refractivity contribution in [2.45, 2.75) is 18.9 Å². The minimum absolute atomic E-state index is 0.225. The molecule has 0 saturated carbocycles. The largest absolute Gasteiger partial charge is 0.354 e. The molecule has 0 saturated heterocycles. The number of hydrogen-bond donors (Lipinski definition) is 3. The topological polar surface area (TPSA) is 90.3 Å². The number of H-pyrrole nitrogens is 2. The third kappa shape index (κ3) is 3.62. The highest BCUT2D eigenvalue weighted by molar-refractivity contribution is 6.30. The molecular weight excluding hydrogens is 507 g/mol. The summed E-state index contributed by atoms with van der Waals surface area (Å²) in [6.07, 6.45) is 1.69. The second kappa shape index (κ2) is 8.50. The normalized spacial score (nSPS) is 16.5. The van der Waals surface area contributed by atoms with Gasteiger partial charge in [-0.25, -0.2) is 0 Å². The van der Waals surface area contributed by atoms with Crippen molar-refractivity contribution in [1.82, 2.24) is 14.8 Å². The van der Waals surface area contributed by atoms with E-state index in [9.17, 15) is 4.79 Å². The lowest BCUT2D eigenvalue weighted by molar-refractivity contribution is 0.604. The fourth-order valence-electron chi connectivity index (χ4n) is 5.35. The zero-order valence-corrected chi connectivity index (χ0v) is 20.9. The predicted octanol–water partition coefficient (Wildman–Crippen LogP) is 7.75. The Morgan fingerprint density at radius 3 is 2.38 bits per heavy atom. The second-order valence-corrected chi connectivity index (χ2v) is 10.1. The Hall–Kier alpha value is -4.07. The van der Waals surface area contributed by atoms with Crippen LogP contribution in [0.1, 0.15) is 29.3 Å². The summed E-state index contributed by atoms with van der Waals surface area (Å²) in [7, 11) is 0. The van der Waals surface area contributed by atoms with Gasteiger partial charge in [0, 0.05) is 37.9 Å². The molecule has 3 aromatic carbocycles. The second-order valence-electron chi connectivity index (χ2n) is 9.18. The Kier molecular flexibility index (Phi) is 5.09. The summed E-state index contributed by atoms with van der Waals surface area (Å²) in [5, 5.41) is 17.7. The minimum atomic E-state index is -0.323. The average Bonchev–Trinajstić information content (AvgIpc) is 3.44. The van der Waals surface area contributed by atoms with Gasteiger partial charge in [-0.2, -0.15) is 5.11 Å². The molecule has 2 aliphatic rings. The van der Waals surface area contributed by atoms with Gasteiger partial charge in [0.05, 0.1) is 5.69 Å². The third-order valence-electron chi connectivity index (χ3n) is 7.01. The summed E-state index contributed by atoms with van der Waals surface area (Å²) in [4.78, 5) is 16.8. The molecule has 1 unspecified atom stereocenters. The van der Waals surface area contributed by atoms with Crippen LogP contribution >= 0.6 is 23.2 Å². The highest BCUT2D eigenvalue weighted by atomic mass is 35.5. The highest BCUT2D eigenvalue weighted by Gasteiger charge is 2.37. The quantitative estimate of drug-likeness (QED) is 0.209. The Morgan fingerprint density at radius 2 is 1.59 bits per heavy atom. The molecule has 7 rings (SSSR count). The molecule has 0 fully saturated rings. The summed E-state index contributed by atoms with van der Waals surface area (Å²) in [6, 6.07) is 22.8. The minimum Gasteiger partial charge on any atom is -0.354 e. The van der Waals surface area contributed by atoms with Crippen LogP contribution in [0.15, 0.2) is 93.5 Å². The number of fused-ring (bicyclic) bond motifs is 5. The zero-order chi connectivity index (χ0) is 25.1. The van der Waals surface area contributed by atoms with E-state index in [4.69, 9.17) is 23.2 Å². The Balaban J connectivity index is 1.41. The Bertz CT molecular complexity index is 1790. The van der Waals surface area contributed by atoms with Gasteiger partial charge in [-0.3, -0.25) is 14.6 Å². The van der Waals surface area contributed by atoms with Crippen molar-refractivity contribution in [1.29, 1.82) is 0 Å². The van der Waals surface area contributed by atoms with Crippen molar-refractivity contribution in [3.63, 3.8) is 0 Å². The third-order valence-corrected chi connectivity index (χ3v) is 7.52. The number of anilines is 1. The van der Waals surface area contributed by atoms with Crippen LogP contribution in [0.2, 0.25) is 10.0 Å². The molecule has 1 aliphatic carbocycles. The molecule has 0 radical (unpaired) electrons. The van der Waals surface area contributed by atoms with E-state index in [1.807, 2.05) is 35.0 Å². The average molecular weight is 527 g/mol. The highest BCUT2D eigenvalue weighted by Crippen LogP contribution is 2.48. The van der Waals surface area contributed by atoms with Gasteiger partial charge in [-0.15, -0.1) is 5.11 Å². The van der Waals surface area contributed by atoms with E-state index in [2.05, 4.69) is 43.8 Å². The standard InChI is InChI=1S/C28H20Cl2N6O/c29-16-7-5-15(6-8-16)26-23-22(14-13-20-19-3-1-2-4-21(19)31-24(20)23)32-27-25(28(37)35-36(26)27)34-33-18-11-9-17(30)10-12-18/h1-12,26,31-32H,13-14H2,(H,35,37). The summed E-state index contributed by atoms with van der Waals surface area (Å²) < 4.78 is 1.85. The lowest BCUT2D eigenvalue weighted by atomic mass is 9.84. The molecule has 0 spiro atoms. The first-order valence-corrected chi connectivity index (χ1v) is 12.7. The molecule has 7 nitrogen and oxygen atoms in total. The van der Waals surface area contributed by atoms with Gasteiger partial charge < -0.3 is 10.3 Å². The number of aromatic amines is 2. The first-order chi connectivity index (χ1) is 18.1. The van der Waals surface area contributed by atoms with Crippen molar-refractivity contribution in [3.8, 4) is 0 Å². The predicted molar refractivity (Wildman–Crippen MR) is 147 cm³/mol. The molecular formula is C28H20Cl2N6O. The van der Waals surface area contributed by atoms with E-state index in [1.54, 1.807) is 24.3 Å². The van der Waals surface area contributed by atoms with E-state index >= 15 is 0 Å². The smallest absolute Gasteiger partial charge is 0.294 e. The van der Waals surface area contributed by atoms with Crippen molar-refractivity contribution < 1.29 is 0 Å². The number of benzene rings is 3. The van der Waals surface area contributed by atoms with Gasteiger partial charge in [0.1, 0.15) is 6.04 Å². The molecule has 1 aliphatic heterocycles. The molecule has 0 amide bonds. The number of aryl methyl sites for hydroxylation is 1. The Labute approximate surface area is 221 Å². The first-order valence-electron chi connectivity index (χ1n) is 11.9. The van der Waals surface area contributed by atoms with E-state index in [0.717, 1.165) is 40.9 Å². The van der Waals surface area contributed by atoms with Crippen molar-refractivity contribution >= 4 is 56.9 Å². The Morgan fingerprint density at radius 1 is 0.865 bits per heavy atom. The van der Waals surface area contributed by atoms with Crippen LogP contribution in [0.25, 0.3) is 16.5 Å². The van der Waals surface area contributed by atoms with Gasteiger partial charge in [-0.1, -0.05) is 53.5 Å². The summed E-state index contributed by atoms with van der Waals surface area (Å²) in [5.74, 6) is 0.584. The molecule has 3 heterocycles. The molecule has 5 aromatic rings. The van der Waals surface area contributed by atoms with Crippen molar-refractivity contribution in [3.05, 3.63) is 116 Å². The number of halogens is 2. The number of aromatic nitrogens is 3. The number of rotatable bonds is 3. The maximum atomic E-state index is 13.2. The molecule has 37 heavy (non-hydrogen) atoms. The van der Waals surface area contributed by atoms with Gasteiger partial charge >= 0.3 is 0 Å². The molecule has 1 atom stereocenters. The van der Waals surface area contributed by atoms with E-state index in [-0.39, 0.29) is 17.3 Å². The lowest BCUT2D eigenvalue weighted by Gasteiger charge is -2.34. The number of allylic oxidation sites excluding steroid dienone is 2. The van der Waals surface area contributed by atoms with Gasteiger partial charge in [-0.05, 0) is 66.4 Å². The fraction of sp³-hybridized carbons (Fsp3) is 0.107. The van der Waals surface area contributed by atoms with Crippen LogP contribution < -0.4 is 10.9 Å². The van der Waals surface area contributed by atoms with Gasteiger partial charge in [0.15, 0.2) is 11.5 Å². The van der Waals surface area contributed by atoms with Gasteiger partial charge in [0.25, 0.3) is 5.56 Å². The monoisotopic (exact) mass is 526 g/mol. The fourth-order valence-corrected chi connectivity index (χ4v) is 5.60. The maximum Gasteiger partial charge on any atom is 0.294 e.